The Balaban J connectivity index is 0.630. The van der Waals surface area contributed by atoms with Crippen LogP contribution in [0.3, 0.4) is 0 Å². The molecule has 3 saturated heterocycles. The number of ketones is 2. The molecule has 3 aromatic heterocycles. The second kappa shape index (κ2) is 31.0. The predicted molar refractivity (Wildman–Crippen MR) is 321 cm³/mol. The number of rotatable bonds is 31. The fourth-order valence-corrected chi connectivity index (χ4v) is 11.9. The number of β-amino-alcohol motifs (C(OH)–C–C–N with tert-alkyl or cyclic N) is 1. The molecule has 6 heterocycles. The lowest BCUT2D eigenvalue weighted by molar-refractivity contribution is -0.146. The number of piperazine rings is 1. The van der Waals surface area contributed by atoms with Gasteiger partial charge < -0.3 is 59.5 Å². The number of hydrogen-bond donors (Lipinski definition) is 4. The quantitative estimate of drug-likeness (QED) is 0.0394. The van der Waals surface area contributed by atoms with E-state index in [-0.39, 0.29) is 94.2 Å². The molecule has 0 aliphatic carbocycles. The van der Waals surface area contributed by atoms with Crippen LogP contribution in [-0.2, 0) is 54.1 Å². The lowest BCUT2D eigenvalue weighted by Gasteiger charge is -2.39. The number of anilines is 1. The number of piperidine rings is 1. The Morgan fingerprint density at radius 2 is 1.48 bits per heavy atom. The molecule has 3 fully saturated rings. The fraction of sp³-hybridized carbons (Fsp3) is 0.574. The fourth-order valence-electron chi connectivity index (χ4n) is 11.0. The van der Waals surface area contributed by atoms with Gasteiger partial charge in [-0.05, 0) is 72.9 Å². The van der Waals surface area contributed by atoms with Crippen molar-refractivity contribution in [3.63, 3.8) is 0 Å². The topological polar surface area (TPSA) is 257 Å². The number of carbonyl (C=O) groups is 5. The van der Waals surface area contributed by atoms with Crippen molar-refractivity contribution in [2.75, 3.05) is 123 Å². The van der Waals surface area contributed by atoms with Crippen molar-refractivity contribution in [2.45, 2.75) is 96.4 Å². The maximum atomic E-state index is 14.1. The molecule has 3 aliphatic rings. The Kier molecular flexibility index (Phi) is 23.7. The van der Waals surface area contributed by atoms with Gasteiger partial charge in [-0.3, -0.25) is 28.9 Å². The Bertz CT molecular complexity index is 2920. The third kappa shape index (κ3) is 18.1. The van der Waals surface area contributed by atoms with Gasteiger partial charge in [-0.2, -0.15) is 0 Å². The molecular weight excluding hydrogens is 1120 g/mol. The van der Waals surface area contributed by atoms with Crippen molar-refractivity contribution in [2.24, 2.45) is 17.1 Å². The summed E-state index contributed by atoms with van der Waals surface area (Å²) in [6.45, 7) is 14.3. The van der Waals surface area contributed by atoms with Crippen LogP contribution in [-0.4, -0.2) is 205 Å². The summed E-state index contributed by atoms with van der Waals surface area (Å²) >= 11 is 7.83. The van der Waals surface area contributed by atoms with Crippen molar-refractivity contribution < 1.29 is 52.8 Å². The van der Waals surface area contributed by atoms with Gasteiger partial charge in [0.1, 0.15) is 31.0 Å². The number of aliphatic hydroxyl groups excluding tert-OH is 1. The van der Waals surface area contributed by atoms with E-state index in [4.69, 9.17) is 41.0 Å². The van der Waals surface area contributed by atoms with E-state index in [0.29, 0.717) is 110 Å². The summed E-state index contributed by atoms with van der Waals surface area (Å²) in [4.78, 5) is 92.8. The molecule has 0 bridgehead atoms. The summed E-state index contributed by atoms with van der Waals surface area (Å²) in [5.41, 5.74) is 11.8. The number of likely N-dealkylation sites (tertiary alicyclic amines) is 1. The van der Waals surface area contributed by atoms with Gasteiger partial charge in [0.05, 0.1) is 98.0 Å². The lowest BCUT2D eigenvalue weighted by Crippen LogP contribution is -2.60. The van der Waals surface area contributed by atoms with Crippen LogP contribution < -0.4 is 16.0 Å². The first-order valence-corrected chi connectivity index (χ1v) is 30.5. The average Bonchev–Trinajstić information content (AvgIpc) is 4.10. The average molecular weight is 1200 g/mol. The van der Waals surface area contributed by atoms with Crippen LogP contribution in [0.1, 0.15) is 82.2 Å². The number of halogens is 1. The standard InChI is InChI=1S/C61H83ClN10O11S/c1-42-55(84-41-67-42)45-8-5-43(6-9-45)7-14-53(75)52-36-47(73)37-72(52)58(77)50(60(2,3)4)35-48(74)38-82-33-31-80-29-27-79-28-30-81-32-34-83-39-54(76)70-25-23-69(24-26-70)20-16-51(44-10-12-46(62)13-11-44)68-59(78)61(63)17-21-71(22-18-61)57-49-15-19-64-56(49)65-40-66-57/h5-6,8-13,15,19,40-41,47,50-52,73H,7,14,16-18,20-39,63H2,1-4H3,(H,68,78)(H,64,65,66)/t47-,50-,51+,52?/m1/s1. The molecule has 5 aromatic rings. The van der Waals surface area contributed by atoms with Crippen LogP contribution in [0.25, 0.3) is 21.5 Å². The first kappa shape index (κ1) is 64.2. The minimum absolute atomic E-state index is 0.0354. The van der Waals surface area contributed by atoms with Gasteiger partial charge in [0.15, 0.2) is 11.6 Å². The van der Waals surface area contributed by atoms with Crippen LogP contribution in [0, 0.1) is 18.3 Å². The van der Waals surface area contributed by atoms with Gasteiger partial charge in [0.2, 0.25) is 17.7 Å². The molecule has 21 nitrogen and oxygen atoms in total. The third-order valence-electron chi connectivity index (χ3n) is 16.1. The monoisotopic (exact) mass is 1200 g/mol. The molecule has 23 heteroatoms. The zero-order valence-corrected chi connectivity index (χ0v) is 50.5. The minimum Gasteiger partial charge on any atom is -0.391 e. The Morgan fingerprint density at radius 1 is 0.833 bits per heavy atom. The van der Waals surface area contributed by atoms with Gasteiger partial charge in [-0.15, -0.1) is 11.3 Å². The molecule has 0 radical (unpaired) electrons. The Labute approximate surface area is 501 Å². The number of carbonyl (C=O) groups excluding carboxylic acids is 5. The number of thiazole rings is 1. The highest BCUT2D eigenvalue weighted by Crippen LogP contribution is 2.35. The second-order valence-electron chi connectivity index (χ2n) is 23.1. The first-order valence-electron chi connectivity index (χ1n) is 29.3. The number of aromatic amines is 1. The number of nitrogens with zero attached hydrogens (tertiary/aromatic N) is 7. The van der Waals surface area contributed by atoms with Crippen molar-refractivity contribution in [3.8, 4) is 10.4 Å². The molecule has 5 N–H and O–H groups in total. The number of nitrogens with two attached hydrogens (primary N) is 1. The molecule has 84 heavy (non-hydrogen) atoms. The zero-order chi connectivity index (χ0) is 59.6. The molecular formula is C61H83ClN10O11S. The second-order valence-corrected chi connectivity index (χ2v) is 24.4. The molecule has 456 valence electrons. The van der Waals surface area contributed by atoms with E-state index in [1.807, 2.05) is 98.9 Å². The maximum Gasteiger partial charge on any atom is 0.248 e. The van der Waals surface area contributed by atoms with Crippen LogP contribution in [0.4, 0.5) is 5.82 Å². The third-order valence-corrected chi connectivity index (χ3v) is 17.3. The first-order chi connectivity index (χ1) is 40.5. The number of aryl methyl sites for hydroxylation is 2. The number of ether oxygens (including phenoxy) is 5. The number of benzene rings is 2. The predicted octanol–water partition coefficient (Wildman–Crippen LogP) is 5.60. The summed E-state index contributed by atoms with van der Waals surface area (Å²) in [5.74, 6) is -0.767. The molecule has 3 amide bonds. The summed E-state index contributed by atoms with van der Waals surface area (Å²) in [7, 11) is 0. The molecule has 0 spiro atoms. The van der Waals surface area contributed by atoms with Gasteiger partial charge >= 0.3 is 0 Å². The van der Waals surface area contributed by atoms with Crippen LogP contribution in [0.2, 0.25) is 5.02 Å². The van der Waals surface area contributed by atoms with E-state index in [1.54, 1.807) is 17.7 Å². The number of aliphatic hydroxyl groups is 1. The van der Waals surface area contributed by atoms with Crippen LogP contribution in [0.5, 0.6) is 0 Å². The number of aromatic nitrogens is 4. The molecule has 3 aliphatic heterocycles. The van der Waals surface area contributed by atoms with Gasteiger partial charge in [0, 0.05) is 88.8 Å². The molecule has 8 rings (SSSR count). The van der Waals surface area contributed by atoms with E-state index in [0.717, 1.165) is 44.1 Å². The molecule has 0 saturated carbocycles. The summed E-state index contributed by atoms with van der Waals surface area (Å²) in [6.07, 6.45) is 5.03. The summed E-state index contributed by atoms with van der Waals surface area (Å²) in [6, 6.07) is 16.6. The minimum atomic E-state index is -1.03. The van der Waals surface area contributed by atoms with Crippen molar-refractivity contribution in [3.05, 3.63) is 94.5 Å². The van der Waals surface area contributed by atoms with E-state index in [2.05, 4.69) is 35.1 Å². The van der Waals surface area contributed by atoms with E-state index in [1.165, 1.54) is 4.90 Å². The number of H-pyrrole nitrogens is 1. The van der Waals surface area contributed by atoms with Gasteiger partial charge in [-0.25, -0.2) is 15.0 Å². The van der Waals surface area contributed by atoms with Gasteiger partial charge in [-0.1, -0.05) is 68.8 Å². The highest BCUT2D eigenvalue weighted by molar-refractivity contribution is 7.13. The van der Waals surface area contributed by atoms with Crippen molar-refractivity contribution in [1.29, 1.82) is 0 Å². The van der Waals surface area contributed by atoms with E-state index < -0.39 is 29.0 Å². The maximum absolute atomic E-state index is 14.1. The highest BCUT2D eigenvalue weighted by atomic mass is 35.5. The zero-order valence-electron chi connectivity index (χ0n) is 48.9. The lowest BCUT2D eigenvalue weighted by atomic mass is 9.76. The number of amides is 3. The normalized spacial score (nSPS) is 18.3. The number of nitrogens with one attached hydrogen (secondary N) is 2. The largest absolute Gasteiger partial charge is 0.391 e. The number of hydrogen-bond acceptors (Lipinski definition) is 18. The SMILES string of the molecule is Cc1ncsc1-c1ccc(CCC(=O)C2C[C@@H](O)CN2C(=O)[C@@H](CC(=O)COCCOCCOCCOCCOCC(=O)N2CCN(CC[C@H](NC(=O)C3(N)CCN(c4ncnc5[nH]ccc45)CC3)c3ccc(Cl)cc3)CC2)C(C)(C)C)cc1. The Morgan fingerprint density at radius 3 is 2.11 bits per heavy atom. The number of Topliss-reactive ketones (excluding diaryl/α,β-unsaturated/α-hetero) is 2. The molecule has 4 atom stereocenters. The molecule has 2 aromatic carbocycles. The van der Waals surface area contributed by atoms with Crippen LogP contribution >= 0.6 is 22.9 Å². The van der Waals surface area contributed by atoms with Crippen molar-refractivity contribution in [1.82, 2.24) is 40.0 Å². The number of fused-ring (bicyclic) bond motifs is 1. The summed E-state index contributed by atoms with van der Waals surface area (Å²) < 4.78 is 28.1. The smallest absolute Gasteiger partial charge is 0.248 e. The van der Waals surface area contributed by atoms with Gasteiger partial charge in [0.25, 0.3) is 0 Å². The van der Waals surface area contributed by atoms with E-state index in [9.17, 15) is 29.1 Å². The molecule has 1 unspecified atom stereocenters. The van der Waals surface area contributed by atoms with Crippen LogP contribution in [0.15, 0.2) is 72.6 Å². The van der Waals surface area contributed by atoms with E-state index >= 15 is 0 Å². The van der Waals surface area contributed by atoms with Crippen molar-refractivity contribution >= 4 is 69.1 Å². The Hall–Kier alpha value is -5.79. The highest BCUT2D eigenvalue weighted by Gasteiger charge is 2.44. The summed E-state index contributed by atoms with van der Waals surface area (Å²) in [5, 5.41) is 15.5.